The number of aromatic nitrogens is 3. The summed E-state index contributed by atoms with van der Waals surface area (Å²) in [5.41, 5.74) is 3.87. The van der Waals surface area contributed by atoms with E-state index in [1.54, 1.807) is 18.5 Å². The fourth-order valence-corrected chi connectivity index (χ4v) is 5.06. The molecule has 5 aromatic rings. The zero-order valence-electron chi connectivity index (χ0n) is 22.8. The number of benzene rings is 3. The molecule has 1 unspecified atom stereocenters. The van der Waals surface area contributed by atoms with Gasteiger partial charge in [-0.25, -0.2) is 18.6 Å². The second-order valence-corrected chi connectivity index (χ2v) is 10.0. The Hall–Kier alpha value is -5.23. The minimum absolute atomic E-state index is 0.0295. The van der Waals surface area contributed by atoms with Crippen LogP contribution in [-0.4, -0.2) is 26.0 Å². The van der Waals surface area contributed by atoms with Gasteiger partial charge in [0.15, 0.2) is 11.6 Å². The standard InChI is InChI=1S/C33H28F2N4O3/c1-20-6-5-7-21(16-20)23(8-3-2-4-14-36)30-19-38-33(39-30)26-17-22(9-11-27(26)34)42-32-25(10-12-31(40)41)24-13-15-37-29(24)18-28(32)35/h5-7,9-13,15-19,23,37H,2-4,8H2,1H3,(H,38,39)(H,40,41)/b12-10+. The monoisotopic (exact) mass is 566 g/mol. The molecule has 0 aliphatic rings. The van der Waals surface area contributed by atoms with Crippen molar-refractivity contribution in [1.82, 2.24) is 15.0 Å². The fourth-order valence-electron chi connectivity index (χ4n) is 5.06. The number of fused-ring (bicyclic) bond motifs is 1. The van der Waals surface area contributed by atoms with Crippen LogP contribution in [0.4, 0.5) is 8.78 Å². The van der Waals surface area contributed by atoms with Crippen LogP contribution in [0, 0.1) is 29.9 Å². The molecule has 3 N–H and O–H groups in total. The molecule has 42 heavy (non-hydrogen) atoms. The van der Waals surface area contributed by atoms with Gasteiger partial charge in [-0.15, -0.1) is 0 Å². The number of aromatic amines is 2. The molecule has 0 fully saturated rings. The van der Waals surface area contributed by atoms with E-state index in [1.165, 1.54) is 30.3 Å². The summed E-state index contributed by atoms with van der Waals surface area (Å²) in [6, 6.07) is 17.3. The molecule has 3 aromatic carbocycles. The second-order valence-electron chi connectivity index (χ2n) is 10.0. The van der Waals surface area contributed by atoms with Crippen molar-refractivity contribution in [1.29, 1.82) is 5.26 Å². The number of hydrogen-bond acceptors (Lipinski definition) is 4. The highest BCUT2D eigenvalue weighted by Gasteiger charge is 2.20. The lowest BCUT2D eigenvalue weighted by Gasteiger charge is -2.16. The van der Waals surface area contributed by atoms with Crippen LogP contribution >= 0.6 is 0 Å². The van der Waals surface area contributed by atoms with Gasteiger partial charge in [0.05, 0.1) is 11.6 Å². The quantitative estimate of drug-likeness (QED) is 0.110. The first-order valence-corrected chi connectivity index (χ1v) is 13.5. The Morgan fingerprint density at radius 2 is 2.00 bits per heavy atom. The number of rotatable bonds is 11. The van der Waals surface area contributed by atoms with E-state index >= 15 is 8.78 Å². The van der Waals surface area contributed by atoms with Gasteiger partial charge in [0.1, 0.15) is 17.4 Å². The average molecular weight is 567 g/mol. The molecule has 0 radical (unpaired) electrons. The first-order valence-electron chi connectivity index (χ1n) is 13.5. The third-order valence-electron chi connectivity index (χ3n) is 7.05. The molecule has 1 atom stereocenters. The molecular weight excluding hydrogens is 538 g/mol. The highest BCUT2D eigenvalue weighted by Crippen LogP contribution is 2.37. The van der Waals surface area contributed by atoms with Crippen molar-refractivity contribution < 1.29 is 23.4 Å². The Labute approximate surface area is 241 Å². The number of nitrogens with zero attached hydrogens (tertiary/aromatic N) is 2. The van der Waals surface area contributed by atoms with Crippen molar-refractivity contribution in [3.8, 4) is 29.0 Å². The van der Waals surface area contributed by atoms with E-state index in [0.29, 0.717) is 17.3 Å². The van der Waals surface area contributed by atoms with Crippen LogP contribution in [-0.2, 0) is 4.79 Å². The normalized spacial score (nSPS) is 12.0. The Morgan fingerprint density at radius 1 is 1.14 bits per heavy atom. The molecule has 212 valence electrons. The third kappa shape index (κ3) is 6.23. The Bertz CT molecular complexity index is 1820. The van der Waals surface area contributed by atoms with E-state index in [0.717, 1.165) is 42.2 Å². The van der Waals surface area contributed by atoms with Crippen molar-refractivity contribution in [2.45, 2.75) is 38.5 Å². The van der Waals surface area contributed by atoms with Gasteiger partial charge in [-0.1, -0.05) is 36.2 Å². The molecule has 0 saturated heterocycles. The maximum Gasteiger partial charge on any atom is 0.328 e. The number of carboxylic acid groups (broad SMARTS) is 1. The van der Waals surface area contributed by atoms with E-state index in [2.05, 4.69) is 27.1 Å². The van der Waals surface area contributed by atoms with Crippen LogP contribution in [0.2, 0.25) is 0 Å². The van der Waals surface area contributed by atoms with E-state index in [-0.39, 0.29) is 34.4 Å². The molecular formula is C33H28F2N4O3. The number of ether oxygens (including phenoxy) is 1. The van der Waals surface area contributed by atoms with Crippen LogP contribution < -0.4 is 4.74 Å². The van der Waals surface area contributed by atoms with E-state index in [4.69, 9.17) is 15.1 Å². The van der Waals surface area contributed by atoms with Gasteiger partial charge in [0.2, 0.25) is 0 Å². The number of halogens is 2. The number of unbranched alkanes of at least 4 members (excludes halogenated alkanes) is 2. The van der Waals surface area contributed by atoms with Gasteiger partial charge >= 0.3 is 5.97 Å². The number of carbonyl (C=O) groups is 1. The van der Waals surface area contributed by atoms with Crippen molar-refractivity contribution in [2.75, 3.05) is 0 Å². The van der Waals surface area contributed by atoms with Gasteiger partial charge in [0, 0.05) is 59.0 Å². The molecule has 0 saturated carbocycles. The number of nitrogens with one attached hydrogen (secondary N) is 2. The summed E-state index contributed by atoms with van der Waals surface area (Å²) in [6.07, 6.45) is 8.36. The molecule has 0 spiro atoms. The maximum atomic E-state index is 15.2. The number of H-pyrrole nitrogens is 2. The van der Waals surface area contributed by atoms with Gasteiger partial charge in [0.25, 0.3) is 0 Å². The van der Waals surface area contributed by atoms with Gasteiger partial charge in [-0.2, -0.15) is 5.26 Å². The summed E-state index contributed by atoms with van der Waals surface area (Å²) >= 11 is 0. The molecule has 0 amide bonds. The van der Waals surface area contributed by atoms with Crippen LogP contribution in [0.1, 0.15) is 54.0 Å². The number of aliphatic carboxylic acids is 1. The molecule has 7 nitrogen and oxygen atoms in total. The minimum Gasteiger partial charge on any atom is -0.478 e. The first-order chi connectivity index (χ1) is 20.3. The van der Waals surface area contributed by atoms with Crippen LogP contribution in [0.15, 0.2) is 73.1 Å². The molecule has 2 heterocycles. The fraction of sp³-hybridized carbons (Fsp3) is 0.182. The predicted molar refractivity (Wildman–Crippen MR) is 156 cm³/mol. The lowest BCUT2D eigenvalue weighted by Crippen LogP contribution is -2.03. The second kappa shape index (κ2) is 12.5. The average Bonchev–Trinajstić information content (AvgIpc) is 3.64. The Kier molecular flexibility index (Phi) is 8.44. The lowest BCUT2D eigenvalue weighted by atomic mass is 9.90. The summed E-state index contributed by atoms with van der Waals surface area (Å²) in [5.74, 6) is -2.23. The van der Waals surface area contributed by atoms with Crippen molar-refractivity contribution in [3.63, 3.8) is 0 Å². The third-order valence-corrected chi connectivity index (χ3v) is 7.05. The topological polar surface area (TPSA) is 115 Å². The molecule has 9 heteroatoms. The zero-order valence-corrected chi connectivity index (χ0v) is 22.8. The Balaban J connectivity index is 1.48. The van der Waals surface area contributed by atoms with E-state index in [1.807, 2.05) is 25.1 Å². The van der Waals surface area contributed by atoms with Crippen molar-refractivity contribution in [3.05, 3.63) is 107 Å². The number of hydrogen-bond donors (Lipinski definition) is 3. The first kappa shape index (κ1) is 28.3. The Morgan fingerprint density at radius 3 is 2.79 bits per heavy atom. The maximum absolute atomic E-state index is 15.2. The van der Waals surface area contributed by atoms with Crippen LogP contribution in [0.5, 0.6) is 11.5 Å². The summed E-state index contributed by atoms with van der Waals surface area (Å²) in [7, 11) is 0. The molecule has 2 aromatic heterocycles. The largest absolute Gasteiger partial charge is 0.478 e. The van der Waals surface area contributed by atoms with Crippen molar-refractivity contribution in [2.24, 2.45) is 0 Å². The van der Waals surface area contributed by atoms with Crippen LogP contribution in [0.25, 0.3) is 28.4 Å². The molecule has 5 rings (SSSR count). The van der Waals surface area contributed by atoms with Crippen LogP contribution in [0.3, 0.4) is 0 Å². The lowest BCUT2D eigenvalue weighted by molar-refractivity contribution is -0.131. The number of imidazole rings is 1. The summed E-state index contributed by atoms with van der Waals surface area (Å²) in [4.78, 5) is 21.8. The zero-order chi connectivity index (χ0) is 29.6. The summed E-state index contributed by atoms with van der Waals surface area (Å²) < 4.78 is 36.2. The number of carboxylic acids is 1. The van der Waals surface area contributed by atoms with Gasteiger partial charge in [-0.3, -0.25) is 0 Å². The van der Waals surface area contributed by atoms with Crippen molar-refractivity contribution >= 4 is 22.9 Å². The highest BCUT2D eigenvalue weighted by molar-refractivity contribution is 5.95. The van der Waals surface area contributed by atoms with E-state index < -0.39 is 17.6 Å². The van der Waals surface area contributed by atoms with Gasteiger partial charge < -0.3 is 19.8 Å². The highest BCUT2D eigenvalue weighted by atomic mass is 19.1. The number of nitriles is 1. The van der Waals surface area contributed by atoms with E-state index in [9.17, 15) is 4.79 Å². The predicted octanol–water partition coefficient (Wildman–Crippen LogP) is 8.25. The molecule has 0 aliphatic carbocycles. The smallest absolute Gasteiger partial charge is 0.328 e. The SMILES string of the molecule is Cc1cccc(C(CCCCC#N)c2cnc(-c3cc(Oc4c(F)cc5[nH]ccc5c4/C=C/C(=O)O)ccc3F)[nH]2)c1. The summed E-state index contributed by atoms with van der Waals surface area (Å²) in [6.45, 7) is 2.02. The molecule has 0 aliphatic heterocycles. The summed E-state index contributed by atoms with van der Waals surface area (Å²) in [5, 5.41) is 18.6. The molecule has 0 bridgehead atoms. The van der Waals surface area contributed by atoms with Gasteiger partial charge in [-0.05, 0) is 55.7 Å². The minimum atomic E-state index is -1.19. The number of aryl methyl sites for hydroxylation is 1.